The van der Waals surface area contributed by atoms with Gasteiger partial charge in [0.1, 0.15) is 11.5 Å². The van der Waals surface area contributed by atoms with Crippen molar-refractivity contribution < 1.29 is 4.42 Å². The van der Waals surface area contributed by atoms with Crippen molar-refractivity contribution in [2.45, 2.75) is 47.1 Å². The molecule has 1 unspecified atom stereocenters. The molecule has 1 N–H and O–H groups in total. The Morgan fingerprint density at radius 2 is 1.95 bits per heavy atom. The fourth-order valence-corrected chi connectivity index (χ4v) is 3.65. The molecule has 19 heavy (non-hydrogen) atoms. The summed E-state index contributed by atoms with van der Waals surface area (Å²) in [6, 6.07) is 4.69. The van der Waals surface area contributed by atoms with Gasteiger partial charge in [0.2, 0.25) is 0 Å². The zero-order chi connectivity index (χ0) is 14.0. The lowest BCUT2D eigenvalue weighted by Gasteiger charge is -2.18. The van der Waals surface area contributed by atoms with Crippen molar-refractivity contribution in [2.24, 2.45) is 0 Å². The molecule has 3 heteroatoms. The topological polar surface area (TPSA) is 25.2 Å². The first-order chi connectivity index (χ1) is 9.02. The molecule has 0 amide bonds. The van der Waals surface area contributed by atoms with E-state index in [-0.39, 0.29) is 6.04 Å². The van der Waals surface area contributed by atoms with Gasteiger partial charge in [0.15, 0.2) is 0 Å². The van der Waals surface area contributed by atoms with Gasteiger partial charge in [0.25, 0.3) is 0 Å². The predicted octanol–water partition coefficient (Wildman–Crippen LogP) is 4.66. The van der Waals surface area contributed by atoms with Crippen LogP contribution in [0.1, 0.15) is 51.8 Å². The van der Waals surface area contributed by atoms with Crippen LogP contribution in [0.25, 0.3) is 0 Å². The number of hydrogen-bond donors (Lipinski definition) is 1. The minimum absolute atomic E-state index is 0.260. The van der Waals surface area contributed by atoms with Crippen molar-refractivity contribution in [2.75, 3.05) is 6.54 Å². The summed E-state index contributed by atoms with van der Waals surface area (Å²) in [6.07, 6.45) is 1.13. The minimum Gasteiger partial charge on any atom is -0.466 e. The van der Waals surface area contributed by atoms with Crippen LogP contribution in [0.15, 0.2) is 16.5 Å². The Balaban J connectivity index is 2.41. The average Bonchev–Trinajstić information content (AvgIpc) is 2.83. The van der Waals surface area contributed by atoms with E-state index in [2.05, 4.69) is 45.1 Å². The maximum Gasteiger partial charge on any atom is 0.106 e. The zero-order valence-electron chi connectivity index (χ0n) is 12.5. The van der Waals surface area contributed by atoms with Crippen molar-refractivity contribution in [1.82, 2.24) is 5.32 Å². The van der Waals surface area contributed by atoms with Crippen LogP contribution in [0.4, 0.5) is 0 Å². The summed E-state index contributed by atoms with van der Waals surface area (Å²) in [4.78, 5) is 2.78. The van der Waals surface area contributed by atoms with E-state index in [1.54, 1.807) is 0 Å². The Morgan fingerprint density at radius 1 is 1.21 bits per heavy atom. The quantitative estimate of drug-likeness (QED) is 0.859. The van der Waals surface area contributed by atoms with Gasteiger partial charge >= 0.3 is 0 Å². The van der Waals surface area contributed by atoms with Crippen LogP contribution >= 0.6 is 11.3 Å². The lowest BCUT2D eigenvalue weighted by Crippen LogP contribution is -2.23. The Bertz CT molecular complexity index is 507. The van der Waals surface area contributed by atoms with Gasteiger partial charge in [-0.25, -0.2) is 0 Å². The number of thiophene rings is 1. The van der Waals surface area contributed by atoms with Gasteiger partial charge < -0.3 is 9.73 Å². The SMILES string of the molecule is CCCNC(c1cc(C)oc1C)c1sc(C)cc1C. The van der Waals surface area contributed by atoms with Crippen LogP contribution in [0.5, 0.6) is 0 Å². The highest BCUT2D eigenvalue weighted by Gasteiger charge is 2.21. The van der Waals surface area contributed by atoms with Gasteiger partial charge in [0.05, 0.1) is 6.04 Å². The molecular weight excluding hydrogens is 254 g/mol. The van der Waals surface area contributed by atoms with Crippen molar-refractivity contribution >= 4 is 11.3 Å². The standard InChI is InChI=1S/C16H23NOS/c1-6-7-17-15(14-9-11(3)18-13(14)5)16-10(2)8-12(4)19-16/h8-9,15,17H,6-7H2,1-5H3. The molecule has 1 atom stereocenters. The Kier molecular flexibility index (Phi) is 4.48. The van der Waals surface area contributed by atoms with Gasteiger partial charge in [-0.15, -0.1) is 11.3 Å². The summed E-state index contributed by atoms with van der Waals surface area (Å²) in [5.74, 6) is 2.01. The largest absolute Gasteiger partial charge is 0.466 e. The molecule has 2 rings (SSSR count). The lowest BCUT2D eigenvalue weighted by molar-refractivity contribution is 0.494. The number of nitrogens with one attached hydrogen (secondary N) is 1. The first kappa shape index (κ1) is 14.4. The van der Waals surface area contributed by atoms with Crippen LogP contribution in [-0.2, 0) is 0 Å². The average molecular weight is 277 g/mol. The first-order valence-corrected chi connectivity index (χ1v) is 7.71. The van der Waals surface area contributed by atoms with E-state index in [0.29, 0.717) is 0 Å². The molecule has 104 valence electrons. The van der Waals surface area contributed by atoms with Gasteiger partial charge in [-0.05, 0) is 58.4 Å². The smallest absolute Gasteiger partial charge is 0.106 e. The van der Waals surface area contributed by atoms with Crippen LogP contribution in [0.3, 0.4) is 0 Å². The number of aryl methyl sites for hydroxylation is 4. The number of rotatable bonds is 5. The van der Waals surface area contributed by atoms with E-state index in [1.165, 1.54) is 20.9 Å². The van der Waals surface area contributed by atoms with Gasteiger partial charge in [-0.3, -0.25) is 0 Å². The Labute approximate surface area is 119 Å². The molecule has 2 nitrogen and oxygen atoms in total. The summed E-state index contributed by atoms with van der Waals surface area (Å²) in [5, 5.41) is 3.66. The monoisotopic (exact) mass is 277 g/mol. The van der Waals surface area contributed by atoms with E-state index in [9.17, 15) is 0 Å². The lowest BCUT2D eigenvalue weighted by atomic mass is 10.0. The van der Waals surface area contributed by atoms with Crippen molar-refractivity contribution in [3.8, 4) is 0 Å². The van der Waals surface area contributed by atoms with Crippen molar-refractivity contribution in [3.63, 3.8) is 0 Å². The van der Waals surface area contributed by atoms with Crippen LogP contribution in [0.2, 0.25) is 0 Å². The van der Waals surface area contributed by atoms with Gasteiger partial charge in [0, 0.05) is 15.3 Å². The molecule has 0 saturated carbocycles. The highest BCUT2D eigenvalue weighted by Crippen LogP contribution is 2.34. The molecule has 0 aromatic carbocycles. The van der Waals surface area contributed by atoms with E-state index in [0.717, 1.165) is 24.5 Å². The van der Waals surface area contributed by atoms with Crippen molar-refractivity contribution in [3.05, 3.63) is 44.5 Å². The third-order valence-corrected chi connectivity index (χ3v) is 4.55. The maximum atomic E-state index is 5.71. The first-order valence-electron chi connectivity index (χ1n) is 6.90. The molecule has 2 aromatic rings. The highest BCUT2D eigenvalue weighted by atomic mass is 32.1. The molecule has 0 bridgehead atoms. The van der Waals surface area contributed by atoms with E-state index >= 15 is 0 Å². The number of furan rings is 1. The molecule has 0 fully saturated rings. The van der Waals surface area contributed by atoms with Crippen LogP contribution in [0, 0.1) is 27.7 Å². The van der Waals surface area contributed by atoms with Crippen molar-refractivity contribution in [1.29, 1.82) is 0 Å². The fraction of sp³-hybridized carbons (Fsp3) is 0.500. The van der Waals surface area contributed by atoms with E-state index in [4.69, 9.17) is 4.42 Å². The summed E-state index contributed by atoms with van der Waals surface area (Å²) in [7, 11) is 0. The van der Waals surface area contributed by atoms with Gasteiger partial charge in [-0.2, -0.15) is 0 Å². The van der Waals surface area contributed by atoms with Gasteiger partial charge in [-0.1, -0.05) is 6.92 Å². The van der Waals surface area contributed by atoms with E-state index in [1.807, 2.05) is 18.3 Å². The summed E-state index contributed by atoms with van der Waals surface area (Å²) in [5.41, 5.74) is 2.64. The molecule has 0 aliphatic carbocycles. The summed E-state index contributed by atoms with van der Waals surface area (Å²) in [6.45, 7) is 11.7. The predicted molar refractivity (Wildman–Crippen MR) is 82.1 cm³/mol. The zero-order valence-corrected chi connectivity index (χ0v) is 13.3. The maximum absolute atomic E-state index is 5.71. The van der Waals surface area contributed by atoms with Crippen LogP contribution < -0.4 is 5.32 Å². The Morgan fingerprint density at radius 3 is 2.42 bits per heavy atom. The molecular formula is C16H23NOS. The third-order valence-electron chi connectivity index (χ3n) is 3.33. The normalized spacial score (nSPS) is 12.9. The van der Waals surface area contributed by atoms with E-state index < -0.39 is 0 Å². The Hall–Kier alpha value is -1.06. The molecule has 0 saturated heterocycles. The van der Waals surface area contributed by atoms with Crippen LogP contribution in [-0.4, -0.2) is 6.54 Å². The summed E-state index contributed by atoms with van der Waals surface area (Å²) >= 11 is 1.88. The second kappa shape index (κ2) is 5.93. The molecule has 0 spiro atoms. The third kappa shape index (κ3) is 3.10. The number of hydrogen-bond acceptors (Lipinski definition) is 3. The second-order valence-corrected chi connectivity index (χ2v) is 6.45. The molecule has 2 heterocycles. The highest BCUT2D eigenvalue weighted by molar-refractivity contribution is 7.12. The molecule has 0 aliphatic rings. The minimum atomic E-state index is 0.260. The molecule has 0 aliphatic heterocycles. The molecule has 2 aromatic heterocycles. The second-order valence-electron chi connectivity index (χ2n) is 5.16. The molecule has 0 radical (unpaired) electrons. The summed E-state index contributed by atoms with van der Waals surface area (Å²) < 4.78 is 5.71. The fourth-order valence-electron chi connectivity index (χ4n) is 2.52.